The van der Waals surface area contributed by atoms with E-state index in [0.717, 1.165) is 17.7 Å². The lowest BCUT2D eigenvalue weighted by atomic mass is 10.0. The first-order valence-electron chi connectivity index (χ1n) is 6.08. The fourth-order valence-corrected chi connectivity index (χ4v) is 3.01. The van der Waals surface area contributed by atoms with Crippen molar-refractivity contribution >= 4 is 5.82 Å². The average molecular weight is 218 g/mol. The van der Waals surface area contributed by atoms with Gasteiger partial charge in [-0.05, 0) is 56.3 Å². The van der Waals surface area contributed by atoms with Gasteiger partial charge in [-0.25, -0.2) is 0 Å². The fraction of sp³-hybridized carbons (Fsp3) is 0.667. The maximum absolute atomic E-state index is 4.16. The van der Waals surface area contributed by atoms with Gasteiger partial charge in [0, 0.05) is 6.04 Å². The number of aryl methyl sites for hydroxylation is 1. The topological polar surface area (TPSA) is 49.8 Å². The van der Waals surface area contributed by atoms with Crippen molar-refractivity contribution in [1.29, 1.82) is 0 Å². The molecule has 2 N–H and O–H groups in total. The maximum Gasteiger partial charge on any atom is 0.151 e. The number of nitrogens with one attached hydrogen (secondary N) is 2. The minimum atomic E-state index is 0.590. The second-order valence-corrected chi connectivity index (χ2v) is 5.05. The Morgan fingerprint density at radius 1 is 1.31 bits per heavy atom. The molecule has 1 saturated heterocycles. The van der Waals surface area contributed by atoms with Crippen LogP contribution in [0.1, 0.15) is 18.4 Å². The van der Waals surface area contributed by atoms with Crippen molar-refractivity contribution in [2.75, 3.05) is 18.4 Å². The van der Waals surface area contributed by atoms with Gasteiger partial charge in [0.25, 0.3) is 0 Å². The zero-order chi connectivity index (χ0) is 11.0. The lowest BCUT2D eigenvalue weighted by molar-refractivity contribution is 0.494. The summed E-state index contributed by atoms with van der Waals surface area (Å²) in [7, 11) is 0. The molecule has 3 rings (SSSR count). The molecule has 1 aliphatic heterocycles. The van der Waals surface area contributed by atoms with E-state index < -0.39 is 0 Å². The number of hydrogen-bond donors (Lipinski definition) is 2. The molecule has 1 aliphatic carbocycles. The smallest absolute Gasteiger partial charge is 0.151 e. The Hall–Kier alpha value is -1.16. The van der Waals surface area contributed by atoms with Gasteiger partial charge >= 0.3 is 0 Å². The van der Waals surface area contributed by atoms with Gasteiger partial charge in [0.2, 0.25) is 0 Å². The van der Waals surface area contributed by atoms with Crippen LogP contribution in [0.25, 0.3) is 0 Å². The predicted molar refractivity (Wildman–Crippen MR) is 63.3 cm³/mol. The van der Waals surface area contributed by atoms with Gasteiger partial charge in [-0.3, -0.25) is 0 Å². The molecule has 0 spiro atoms. The predicted octanol–water partition coefficient (Wildman–Crippen LogP) is 1.19. The SMILES string of the molecule is Cc1ccnnc1NC1C[C@H]2CNC[C@H]2C1. The highest BCUT2D eigenvalue weighted by molar-refractivity contribution is 5.42. The van der Waals surface area contributed by atoms with Gasteiger partial charge in [-0.2, -0.15) is 5.10 Å². The van der Waals surface area contributed by atoms with Crippen molar-refractivity contribution in [1.82, 2.24) is 15.5 Å². The second-order valence-electron chi connectivity index (χ2n) is 5.05. The Kier molecular flexibility index (Phi) is 2.52. The molecule has 4 heteroatoms. The Morgan fingerprint density at radius 3 is 2.75 bits per heavy atom. The van der Waals surface area contributed by atoms with E-state index in [0.29, 0.717) is 6.04 Å². The number of nitrogens with zero attached hydrogens (tertiary/aromatic N) is 2. The summed E-state index contributed by atoms with van der Waals surface area (Å²) in [5.41, 5.74) is 1.19. The van der Waals surface area contributed by atoms with E-state index in [1.807, 2.05) is 6.07 Å². The number of anilines is 1. The van der Waals surface area contributed by atoms with Crippen LogP contribution in [0.15, 0.2) is 12.3 Å². The van der Waals surface area contributed by atoms with Crippen LogP contribution in [0.3, 0.4) is 0 Å². The Morgan fingerprint density at radius 2 is 2.06 bits per heavy atom. The molecule has 4 nitrogen and oxygen atoms in total. The van der Waals surface area contributed by atoms with Crippen molar-refractivity contribution < 1.29 is 0 Å². The van der Waals surface area contributed by atoms with Crippen molar-refractivity contribution in [3.63, 3.8) is 0 Å². The molecular weight excluding hydrogens is 200 g/mol. The van der Waals surface area contributed by atoms with Crippen LogP contribution in [0.2, 0.25) is 0 Å². The first-order valence-corrected chi connectivity index (χ1v) is 6.08. The number of rotatable bonds is 2. The highest BCUT2D eigenvalue weighted by Gasteiger charge is 2.37. The van der Waals surface area contributed by atoms with E-state index in [4.69, 9.17) is 0 Å². The normalized spacial score (nSPS) is 32.7. The van der Waals surface area contributed by atoms with Crippen LogP contribution < -0.4 is 10.6 Å². The number of aromatic nitrogens is 2. The molecule has 86 valence electrons. The van der Waals surface area contributed by atoms with Crippen molar-refractivity contribution in [2.24, 2.45) is 11.8 Å². The molecule has 3 atom stereocenters. The standard InChI is InChI=1S/C12H18N4/c1-8-2-3-14-16-12(8)15-11-4-9-6-13-7-10(9)5-11/h2-3,9-11,13H,4-7H2,1H3,(H,15,16)/t9-,10+,11?. The molecule has 2 aliphatic rings. The maximum atomic E-state index is 4.16. The molecule has 2 fully saturated rings. The monoisotopic (exact) mass is 218 g/mol. The number of fused-ring (bicyclic) bond motifs is 1. The third kappa shape index (κ3) is 1.78. The molecule has 0 amide bonds. The number of hydrogen-bond acceptors (Lipinski definition) is 4. The molecule has 0 bridgehead atoms. The van der Waals surface area contributed by atoms with Crippen LogP contribution in [0.5, 0.6) is 0 Å². The third-order valence-corrected chi connectivity index (χ3v) is 3.92. The van der Waals surface area contributed by atoms with Crippen LogP contribution in [0, 0.1) is 18.8 Å². The summed E-state index contributed by atoms with van der Waals surface area (Å²) in [4.78, 5) is 0. The summed E-state index contributed by atoms with van der Waals surface area (Å²) in [5.74, 6) is 2.70. The summed E-state index contributed by atoms with van der Waals surface area (Å²) in [6, 6.07) is 2.60. The molecule has 1 aromatic rings. The van der Waals surface area contributed by atoms with E-state index in [-0.39, 0.29) is 0 Å². The first-order chi connectivity index (χ1) is 7.83. The van der Waals surface area contributed by atoms with Gasteiger partial charge in [0.15, 0.2) is 5.82 Å². The van der Waals surface area contributed by atoms with Crippen LogP contribution in [-0.4, -0.2) is 29.3 Å². The van der Waals surface area contributed by atoms with Gasteiger partial charge in [-0.1, -0.05) is 0 Å². The molecule has 1 saturated carbocycles. The van der Waals surface area contributed by atoms with Gasteiger partial charge in [0.05, 0.1) is 6.20 Å². The van der Waals surface area contributed by atoms with E-state index in [2.05, 4.69) is 27.8 Å². The van der Waals surface area contributed by atoms with E-state index in [1.165, 1.54) is 31.5 Å². The molecule has 0 aromatic carbocycles. The minimum Gasteiger partial charge on any atom is -0.366 e. The second kappa shape index (κ2) is 4.01. The average Bonchev–Trinajstić information content (AvgIpc) is 2.81. The third-order valence-electron chi connectivity index (χ3n) is 3.92. The van der Waals surface area contributed by atoms with Crippen LogP contribution in [0.4, 0.5) is 5.82 Å². The molecule has 1 unspecified atom stereocenters. The Labute approximate surface area is 95.8 Å². The lowest BCUT2D eigenvalue weighted by Gasteiger charge is -2.15. The molecule has 16 heavy (non-hydrogen) atoms. The van der Waals surface area contributed by atoms with Crippen molar-refractivity contribution in [2.45, 2.75) is 25.8 Å². The fourth-order valence-electron chi connectivity index (χ4n) is 3.01. The summed E-state index contributed by atoms with van der Waals surface area (Å²) in [6.45, 7) is 4.47. The molecule has 1 aromatic heterocycles. The molecular formula is C12H18N4. The van der Waals surface area contributed by atoms with E-state index in [9.17, 15) is 0 Å². The first kappa shape index (κ1) is 10.0. The van der Waals surface area contributed by atoms with E-state index >= 15 is 0 Å². The molecule has 0 radical (unpaired) electrons. The van der Waals surface area contributed by atoms with Crippen molar-refractivity contribution in [3.05, 3.63) is 17.8 Å². The lowest BCUT2D eigenvalue weighted by Crippen LogP contribution is -2.21. The highest BCUT2D eigenvalue weighted by atomic mass is 15.2. The quantitative estimate of drug-likeness (QED) is 0.783. The van der Waals surface area contributed by atoms with Gasteiger partial charge < -0.3 is 10.6 Å². The Balaban J connectivity index is 1.66. The summed E-state index contributed by atoms with van der Waals surface area (Å²) < 4.78 is 0. The van der Waals surface area contributed by atoms with Crippen molar-refractivity contribution in [3.8, 4) is 0 Å². The Bertz CT molecular complexity index is 367. The summed E-state index contributed by atoms with van der Waals surface area (Å²) >= 11 is 0. The van der Waals surface area contributed by atoms with E-state index in [1.54, 1.807) is 6.20 Å². The highest BCUT2D eigenvalue weighted by Crippen LogP contribution is 2.35. The van der Waals surface area contributed by atoms with Gasteiger partial charge in [0.1, 0.15) is 0 Å². The molecule has 2 heterocycles. The minimum absolute atomic E-state index is 0.590. The van der Waals surface area contributed by atoms with Crippen LogP contribution in [-0.2, 0) is 0 Å². The zero-order valence-corrected chi connectivity index (χ0v) is 9.61. The largest absolute Gasteiger partial charge is 0.366 e. The summed E-state index contributed by atoms with van der Waals surface area (Å²) in [5, 5.41) is 15.1. The van der Waals surface area contributed by atoms with Crippen LogP contribution >= 0.6 is 0 Å². The summed E-state index contributed by atoms with van der Waals surface area (Å²) in [6.07, 6.45) is 4.29. The zero-order valence-electron chi connectivity index (χ0n) is 9.61. The van der Waals surface area contributed by atoms with Gasteiger partial charge in [-0.15, -0.1) is 5.10 Å².